The number of hydrogen-bond acceptors (Lipinski definition) is 1. The van der Waals surface area contributed by atoms with Gasteiger partial charge in [0, 0.05) is 17.5 Å². The molecule has 0 radical (unpaired) electrons. The maximum absolute atomic E-state index is 13.3. The molecular weight excluding hydrogens is 205 g/mol. The Hall–Kier alpha value is -1.32. The predicted molar refractivity (Wildman–Crippen MR) is 48.6 cm³/mol. The highest BCUT2D eigenvalue weighted by atomic mass is 19.3. The van der Waals surface area contributed by atoms with Crippen molar-refractivity contribution in [3.05, 3.63) is 34.6 Å². The second-order valence-electron chi connectivity index (χ2n) is 3.57. The van der Waals surface area contributed by atoms with Crippen molar-refractivity contribution in [2.75, 3.05) is 0 Å². The molecule has 80 valence electrons. The third-order valence-electron chi connectivity index (χ3n) is 2.63. The molecule has 0 heterocycles. The normalized spacial score (nSPS) is 15.6. The van der Waals surface area contributed by atoms with Crippen molar-refractivity contribution in [1.82, 2.24) is 0 Å². The molecule has 4 heteroatoms. The van der Waals surface area contributed by atoms with Gasteiger partial charge in [0.25, 0.3) is 6.43 Å². The molecular formula is C11H9F3O. The van der Waals surface area contributed by atoms with E-state index in [0.717, 1.165) is 12.1 Å². The zero-order valence-corrected chi connectivity index (χ0v) is 7.90. The Morgan fingerprint density at radius 2 is 1.93 bits per heavy atom. The monoisotopic (exact) mass is 214 g/mol. The lowest BCUT2D eigenvalue weighted by molar-refractivity contribution is 0.0956. The molecule has 0 atom stereocenters. The Bertz CT molecular complexity index is 413. The van der Waals surface area contributed by atoms with E-state index in [2.05, 4.69) is 0 Å². The number of Topliss-reactive ketones (excluding diaryl/α,β-unsaturated/α-hetero) is 1. The van der Waals surface area contributed by atoms with Gasteiger partial charge in [-0.25, -0.2) is 13.2 Å². The number of halogens is 3. The number of fused-ring (bicyclic) bond motifs is 1. The average Bonchev–Trinajstić information content (AvgIpc) is 2.19. The number of carbonyl (C=O) groups is 1. The van der Waals surface area contributed by atoms with Crippen molar-refractivity contribution in [2.24, 2.45) is 0 Å². The fourth-order valence-electron chi connectivity index (χ4n) is 1.95. The first-order valence-corrected chi connectivity index (χ1v) is 4.74. The molecule has 1 aromatic carbocycles. The summed E-state index contributed by atoms with van der Waals surface area (Å²) in [5, 5.41) is 0. The summed E-state index contributed by atoms with van der Waals surface area (Å²) in [6, 6.07) is 2.01. The number of ketones is 1. The molecule has 0 unspecified atom stereocenters. The molecule has 15 heavy (non-hydrogen) atoms. The molecule has 2 rings (SSSR count). The minimum atomic E-state index is -2.72. The highest BCUT2D eigenvalue weighted by Gasteiger charge is 2.26. The van der Waals surface area contributed by atoms with Crippen molar-refractivity contribution < 1.29 is 18.0 Å². The Labute approximate surface area is 84.9 Å². The largest absolute Gasteiger partial charge is 0.294 e. The van der Waals surface area contributed by atoms with Crippen LogP contribution in [-0.2, 0) is 6.42 Å². The molecule has 0 N–H and O–H groups in total. The van der Waals surface area contributed by atoms with Crippen LogP contribution in [0.2, 0.25) is 0 Å². The second-order valence-corrected chi connectivity index (χ2v) is 3.57. The summed E-state index contributed by atoms with van der Waals surface area (Å²) in [7, 11) is 0. The molecule has 0 amide bonds. The van der Waals surface area contributed by atoms with E-state index in [1.807, 2.05) is 0 Å². The van der Waals surface area contributed by atoms with Crippen molar-refractivity contribution in [3.63, 3.8) is 0 Å². The lowest BCUT2D eigenvalue weighted by Crippen LogP contribution is -2.15. The molecule has 0 saturated heterocycles. The van der Waals surface area contributed by atoms with Gasteiger partial charge < -0.3 is 0 Å². The first kappa shape index (κ1) is 10.2. The molecule has 0 saturated carbocycles. The van der Waals surface area contributed by atoms with Gasteiger partial charge in [-0.2, -0.15) is 0 Å². The summed E-state index contributed by atoms with van der Waals surface area (Å²) in [6.45, 7) is 0. The maximum Gasteiger partial charge on any atom is 0.264 e. The van der Waals surface area contributed by atoms with Crippen LogP contribution in [0.5, 0.6) is 0 Å². The molecule has 1 aromatic rings. The zero-order valence-electron chi connectivity index (χ0n) is 7.90. The number of hydrogen-bond donors (Lipinski definition) is 0. The number of benzene rings is 1. The second kappa shape index (κ2) is 3.68. The lowest BCUT2D eigenvalue weighted by Gasteiger charge is -2.18. The quantitative estimate of drug-likeness (QED) is 0.701. The van der Waals surface area contributed by atoms with Crippen LogP contribution in [0.3, 0.4) is 0 Å². The minimum absolute atomic E-state index is 0.0868. The molecule has 0 spiro atoms. The van der Waals surface area contributed by atoms with Gasteiger partial charge in [-0.1, -0.05) is 0 Å². The van der Waals surface area contributed by atoms with E-state index in [0.29, 0.717) is 12.8 Å². The molecule has 0 aliphatic heterocycles. The van der Waals surface area contributed by atoms with Gasteiger partial charge in [0.15, 0.2) is 5.78 Å². The number of rotatable bonds is 1. The fourth-order valence-corrected chi connectivity index (χ4v) is 1.95. The molecule has 1 aliphatic carbocycles. The standard InChI is InChI=1S/C11H9F3O/c12-8-5-4-7(11(13)14)10-6(8)2-1-3-9(10)15/h4-5,11H,1-3H2. The topological polar surface area (TPSA) is 17.1 Å². The summed E-state index contributed by atoms with van der Waals surface area (Å²) in [5.41, 5.74) is -0.267. The van der Waals surface area contributed by atoms with Crippen LogP contribution in [0.15, 0.2) is 12.1 Å². The number of alkyl halides is 2. The van der Waals surface area contributed by atoms with E-state index in [1.165, 1.54) is 0 Å². The van der Waals surface area contributed by atoms with E-state index in [9.17, 15) is 18.0 Å². The first-order chi connectivity index (χ1) is 7.11. The summed E-state index contributed by atoms with van der Waals surface area (Å²) in [4.78, 5) is 11.5. The minimum Gasteiger partial charge on any atom is -0.294 e. The van der Waals surface area contributed by atoms with Crippen LogP contribution < -0.4 is 0 Å². The molecule has 1 aliphatic rings. The van der Waals surface area contributed by atoms with Crippen molar-refractivity contribution in [2.45, 2.75) is 25.7 Å². The Balaban J connectivity index is 2.65. The summed E-state index contributed by atoms with van der Waals surface area (Å²) in [5.74, 6) is -0.923. The SMILES string of the molecule is O=C1CCCc2c(F)ccc(C(F)F)c21. The van der Waals surface area contributed by atoms with Crippen molar-refractivity contribution in [1.29, 1.82) is 0 Å². The van der Waals surface area contributed by atoms with Gasteiger partial charge in [0.1, 0.15) is 5.82 Å². The van der Waals surface area contributed by atoms with Crippen LogP contribution in [0, 0.1) is 5.82 Å². The predicted octanol–water partition coefficient (Wildman–Crippen LogP) is 3.28. The van der Waals surface area contributed by atoms with E-state index < -0.39 is 12.2 Å². The third-order valence-corrected chi connectivity index (χ3v) is 2.63. The van der Waals surface area contributed by atoms with Gasteiger partial charge >= 0.3 is 0 Å². The van der Waals surface area contributed by atoms with Gasteiger partial charge in [0.05, 0.1) is 0 Å². The van der Waals surface area contributed by atoms with Gasteiger partial charge in [0.2, 0.25) is 0 Å². The smallest absolute Gasteiger partial charge is 0.264 e. The average molecular weight is 214 g/mol. The van der Waals surface area contributed by atoms with Crippen LogP contribution in [0.25, 0.3) is 0 Å². The lowest BCUT2D eigenvalue weighted by atomic mass is 9.87. The van der Waals surface area contributed by atoms with Gasteiger partial charge in [-0.05, 0) is 30.5 Å². The molecule has 1 nitrogen and oxygen atoms in total. The Kier molecular flexibility index (Phi) is 2.50. The van der Waals surface area contributed by atoms with E-state index in [1.54, 1.807) is 0 Å². The maximum atomic E-state index is 13.3. The summed E-state index contributed by atoms with van der Waals surface area (Å²) >= 11 is 0. The molecule has 0 bridgehead atoms. The Morgan fingerprint density at radius 3 is 2.60 bits per heavy atom. The van der Waals surface area contributed by atoms with Crippen LogP contribution in [-0.4, -0.2) is 5.78 Å². The van der Waals surface area contributed by atoms with Crippen LogP contribution in [0.1, 0.15) is 40.8 Å². The summed E-state index contributed by atoms with van der Waals surface area (Å²) in [6.07, 6.45) is -1.58. The van der Waals surface area contributed by atoms with Crippen molar-refractivity contribution in [3.8, 4) is 0 Å². The van der Waals surface area contributed by atoms with Gasteiger partial charge in [-0.15, -0.1) is 0 Å². The fraction of sp³-hybridized carbons (Fsp3) is 0.364. The zero-order chi connectivity index (χ0) is 11.0. The van der Waals surface area contributed by atoms with Gasteiger partial charge in [-0.3, -0.25) is 4.79 Å². The first-order valence-electron chi connectivity index (χ1n) is 4.74. The highest BCUT2D eigenvalue weighted by Crippen LogP contribution is 2.32. The van der Waals surface area contributed by atoms with Crippen LogP contribution in [0.4, 0.5) is 13.2 Å². The highest BCUT2D eigenvalue weighted by molar-refractivity contribution is 6.00. The third kappa shape index (κ3) is 1.64. The number of carbonyl (C=O) groups excluding carboxylic acids is 1. The summed E-state index contributed by atoms with van der Waals surface area (Å²) < 4.78 is 38.5. The van der Waals surface area contributed by atoms with E-state index in [4.69, 9.17) is 0 Å². The van der Waals surface area contributed by atoms with Crippen molar-refractivity contribution >= 4 is 5.78 Å². The van der Waals surface area contributed by atoms with E-state index in [-0.39, 0.29) is 28.9 Å². The molecule has 0 aromatic heterocycles. The molecule has 0 fully saturated rings. The van der Waals surface area contributed by atoms with E-state index >= 15 is 0 Å². The Morgan fingerprint density at radius 1 is 1.20 bits per heavy atom. The van der Waals surface area contributed by atoms with Crippen LogP contribution >= 0.6 is 0 Å².